The van der Waals surface area contributed by atoms with E-state index in [0.29, 0.717) is 11.7 Å². The van der Waals surface area contributed by atoms with Gasteiger partial charge in [-0.2, -0.15) is 9.97 Å². The van der Waals surface area contributed by atoms with E-state index in [-0.39, 0.29) is 0 Å². The monoisotopic (exact) mass is 642 g/mol. The summed E-state index contributed by atoms with van der Waals surface area (Å²) in [5.74, 6) is 1.13. The molecule has 4 heterocycles. The molecule has 6 nitrogen and oxygen atoms in total. The van der Waals surface area contributed by atoms with Gasteiger partial charge >= 0.3 is 11.7 Å². The average Bonchev–Trinajstić information content (AvgIpc) is 3.92. The minimum absolute atomic E-state index is 0.564. The van der Waals surface area contributed by atoms with E-state index in [1.807, 2.05) is 36.4 Å². The highest BCUT2D eigenvalue weighted by Gasteiger charge is 2.24. The zero-order valence-corrected chi connectivity index (χ0v) is 26.6. The highest BCUT2D eigenvalue weighted by atomic mass is 16.4. The fourth-order valence-electron chi connectivity index (χ4n) is 7.43. The van der Waals surface area contributed by atoms with Crippen molar-refractivity contribution in [3.8, 4) is 45.0 Å². The van der Waals surface area contributed by atoms with Crippen LogP contribution in [0.5, 0.6) is 0 Å². The average molecular weight is 643 g/mol. The van der Waals surface area contributed by atoms with Crippen molar-refractivity contribution < 1.29 is 8.83 Å². The van der Waals surface area contributed by atoms with Gasteiger partial charge in [-0.1, -0.05) is 121 Å². The summed E-state index contributed by atoms with van der Waals surface area (Å²) >= 11 is 0. The zero-order chi connectivity index (χ0) is 32.8. The maximum Gasteiger partial charge on any atom is 0.307 e. The molecule has 50 heavy (non-hydrogen) atoms. The molecule has 4 aromatic heterocycles. The van der Waals surface area contributed by atoms with Crippen molar-refractivity contribution >= 4 is 55.4 Å². The van der Waals surface area contributed by atoms with Gasteiger partial charge in [0.05, 0.1) is 22.4 Å². The van der Waals surface area contributed by atoms with Crippen LogP contribution in [0, 0.1) is 0 Å². The van der Waals surface area contributed by atoms with Gasteiger partial charge in [-0.25, -0.2) is 0 Å². The molecule has 0 aliphatic heterocycles. The van der Waals surface area contributed by atoms with Crippen LogP contribution in [-0.4, -0.2) is 18.8 Å². The lowest BCUT2D eigenvalue weighted by Crippen LogP contribution is -1.92. The molecular formula is C44H26N4O2. The molecule has 0 N–H and O–H groups in total. The lowest BCUT2D eigenvalue weighted by atomic mass is 9.98. The van der Waals surface area contributed by atoms with Crippen molar-refractivity contribution in [2.75, 3.05) is 0 Å². The maximum atomic E-state index is 6.29. The number of rotatable bonds is 4. The van der Waals surface area contributed by atoms with E-state index in [9.17, 15) is 0 Å². The number of imidazole rings is 2. The number of aromatic nitrogens is 4. The molecule has 0 radical (unpaired) electrons. The largest absolute Gasteiger partial charge is 0.423 e. The van der Waals surface area contributed by atoms with Crippen molar-refractivity contribution in [3.63, 3.8) is 0 Å². The summed E-state index contributed by atoms with van der Waals surface area (Å²) in [7, 11) is 0. The van der Waals surface area contributed by atoms with E-state index < -0.39 is 0 Å². The Morgan fingerprint density at radius 3 is 1.20 bits per heavy atom. The molecule has 7 aromatic carbocycles. The standard InChI is InChI=1S/C44H26N4O2/c1-3-11-31-25-33(23-17-27(31)9-1)39-41(47-35-13-5-7-15-37(35)49-43(47)45-39)29-19-21-30(22-20-29)42-40(34-24-18-28-10-2-4-12-32(28)26-34)46-44-48(42)36-14-6-8-16-38(36)50-44/h1-26H. The molecule has 0 amide bonds. The Morgan fingerprint density at radius 2 is 0.740 bits per heavy atom. The van der Waals surface area contributed by atoms with Gasteiger partial charge < -0.3 is 8.83 Å². The van der Waals surface area contributed by atoms with E-state index >= 15 is 0 Å². The lowest BCUT2D eigenvalue weighted by Gasteiger charge is -2.10. The van der Waals surface area contributed by atoms with Crippen LogP contribution in [0.15, 0.2) is 167 Å². The first-order valence-electron chi connectivity index (χ1n) is 16.7. The summed E-state index contributed by atoms with van der Waals surface area (Å²) in [5.41, 5.74) is 11.4. The number of nitrogens with zero attached hydrogens (tertiary/aromatic N) is 4. The molecule has 0 saturated heterocycles. The first-order chi connectivity index (χ1) is 24.8. The van der Waals surface area contributed by atoms with Gasteiger partial charge in [-0.3, -0.25) is 8.80 Å². The van der Waals surface area contributed by atoms with Gasteiger partial charge in [0.2, 0.25) is 0 Å². The Bertz CT molecular complexity index is 2890. The number of hydrogen-bond donors (Lipinski definition) is 0. The van der Waals surface area contributed by atoms with E-state index in [4.69, 9.17) is 18.8 Å². The molecule has 0 aliphatic rings. The normalized spacial score (nSPS) is 12.0. The second kappa shape index (κ2) is 10.3. The van der Waals surface area contributed by atoms with Gasteiger partial charge in [-0.15, -0.1) is 0 Å². The molecular weight excluding hydrogens is 617 g/mol. The van der Waals surface area contributed by atoms with Gasteiger partial charge in [0.15, 0.2) is 11.2 Å². The zero-order valence-electron chi connectivity index (χ0n) is 26.6. The molecule has 0 fully saturated rings. The second-order valence-corrected chi connectivity index (χ2v) is 12.7. The molecule has 0 spiro atoms. The second-order valence-electron chi connectivity index (χ2n) is 12.7. The summed E-state index contributed by atoms with van der Waals surface area (Å²) < 4.78 is 16.9. The summed E-state index contributed by atoms with van der Waals surface area (Å²) in [4.78, 5) is 10.2. The van der Waals surface area contributed by atoms with E-state index in [1.165, 1.54) is 21.5 Å². The Morgan fingerprint density at radius 1 is 0.360 bits per heavy atom. The molecule has 11 rings (SSSR count). The summed E-state index contributed by atoms with van der Waals surface area (Å²) in [6, 6.07) is 54.7. The highest BCUT2D eigenvalue weighted by Crippen LogP contribution is 2.41. The fourth-order valence-corrected chi connectivity index (χ4v) is 7.43. The number of benzene rings is 7. The minimum Gasteiger partial charge on any atom is -0.423 e. The Kier molecular flexibility index (Phi) is 5.57. The van der Waals surface area contributed by atoms with E-state index in [0.717, 1.165) is 67.2 Å². The predicted molar refractivity (Wildman–Crippen MR) is 200 cm³/mol. The summed E-state index contributed by atoms with van der Waals surface area (Å²) in [6.45, 7) is 0. The molecule has 0 bridgehead atoms. The molecule has 0 unspecified atom stereocenters. The SMILES string of the molecule is c1ccc2cc(-c3nc4oc5ccccc5n4c3-c3ccc(-c4c(-c5ccc6ccccc6c5)nc5oc6ccccc6n45)cc3)ccc2c1. The van der Waals surface area contributed by atoms with Crippen molar-refractivity contribution in [2.24, 2.45) is 0 Å². The van der Waals surface area contributed by atoms with Crippen LogP contribution in [0.2, 0.25) is 0 Å². The van der Waals surface area contributed by atoms with E-state index in [2.05, 4.69) is 130 Å². The number of oxazole rings is 2. The van der Waals surface area contributed by atoms with Crippen LogP contribution in [0.1, 0.15) is 0 Å². The minimum atomic E-state index is 0.564. The number of para-hydroxylation sites is 4. The van der Waals surface area contributed by atoms with Crippen LogP contribution in [0.3, 0.4) is 0 Å². The van der Waals surface area contributed by atoms with Crippen LogP contribution < -0.4 is 0 Å². The summed E-state index contributed by atoms with van der Waals surface area (Å²) in [5, 5.41) is 4.71. The Hall–Kier alpha value is -6.92. The van der Waals surface area contributed by atoms with Gasteiger partial charge in [0.25, 0.3) is 0 Å². The first kappa shape index (κ1) is 27.1. The molecule has 0 aliphatic carbocycles. The van der Waals surface area contributed by atoms with Crippen molar-refractivity contribution in [1.29, 1.82) is 0 Å². The van der Waals surface area contributed by atoms with Crippen molar-refractivity contribution in [2.45, 2.75) is 0 Å². The van der Waals surface area contributed by atoms with Crippen LogP contribution >= 0.6 is 0 Å². The topological polar surface area (TPSA) is 60.9 Å². The van der Waals surface area contributed by atoms with Gasteiger partial charge in [0, 0.05) is 22.3 Å². The smallest absolute Gasteiger partial charge is 0.307 e. The van der Waals surface area contributed by atoms with E-state index in [1.54, 1.807) is 0 Å². The quantitative estimate of drug-likeness (QED) is 0.192. The lowest BCUT2D eigenvalue weighted by molar-refractivity contribution is 0.641. The fraction of sp³-hybridized carbons (Fsp3) is 0. The van der Waals surface area contributed by atoms with Crippen LogP contribution in [0.25, 0.3) is 100 Å². The first-order valence-corrected chi connectivity index (χ1v) is 16.7. The summed E-state index contributed by atoms with van der Waals surface area (Å²) in [6.07, 6.45) is 0. The Labute approximate surface area is 285 Å². The predicted octanol–water partition coefficient (Wildman–Crippen LogP) is 11.4. The third-order valence-electron chi connectivity index (χ3n) is 9.79. The van der Waals surface area contributed by atoms with Crippen molar-refractivity contribution in [1.82, 2.24) is 18.8 Å². The molecule has 234 valence electrons. The number of fused-ring (bicyclic) bond motifs is 8. The van der Waals surface area contributed by atoms with Crippen LogP contribution in [0.4, 0.5) is 0 Å². The van der Waals surface area contributed by atoms with Crippen molar-refractivity contribution in [3.05, 3.63) is 158 Å². The third kappa shape index (κ3) is 3.96. The Balaban J connectivity index is 1.13. The van der Waals surface area contributed by atoms with Gasteiger partial charge in [-0.05, 0) is 57.9 Å². The highest BCUT2D eigenvalue weighted by molar-refractivity contribution is 5.95. The third-order valence-corrected chi connectivity index (χ3v) is 9.79. The van der Waals surface area contributed by atoms with Crippen LogP contribution in [-0.2, 0) is 0 Å². The number of hydrogen-bond acceptors (Lipinski definition) is 4. The molecule has 6 heteroatoms. The molecule has 0 atom stereocenters. The van der Waals surface area contributed by atoms with Gasteiger partial charge in [0.1, 0.15) is 11.4 Å². The molecule has 0 saturated carbocycles. The maximum absolute atomic E-state index is 6.29. The molecule has 11 aromatic rings.